The molecule has 0 unspecified atom stereocenters. The van der Waals surface area contributed by atoms with Crippen LogP contribution in [-0.2, 0) is 6.54 Å². The van der Waals surface area contributed by atoms with E-state index in [0.29, 0.717) is 6.54 Å². The van der Waals surface area contributed by atoms with Crippen LogP contribution in [0.3, 0.4) is 0 Å². The molecule has 0 fully saturated rings. The van der Waals surface area contributed by atoms with E-state index in [0.717, 1.165) is 22.8 Å². The number of hydrogen-bond donors (Lipinski definition) is 1. The Morgan fingerprint density at radius 1 is 1.32 bits per heavy atom. The van der Waals surface area contributed by atoms with Gasteiger partial charge in [0.25, 0.3) is 0 Å². The second-order valence-electron chi connectivity index (χ2n) is 4.20. The summed E-state index contributed by atoms with van der Waals surface area (Å²) in [7, 11) is 1.95. The number of hydrogen-bond acceptors (Lipinski definition) is 5. The molecule has 0 aliphatic carbocycles. The lowest BCUT2D eigenvalue weighted by Gasteiger charge is -2.17. The third-order valence-electron chi connectivity index (χ3n) is 2.94. The van der Waals surface area contributed by atoms with E-state index in [2.05, 4.69) is 15.1 Å². The van der Waals surface area contributed by atoms with Gasteiger partial charge in [0.15, 0.2) is 11.5 Å². The van der Waals surface area contributed by atoms with Crippen molar-refractivity contribution in [2.45, 2.75) is 6.54 Å². The van der Waals surface area contributed by atoms with Crippen molar-refractivity contribution in [1.82, 2.24) is 19.6 Å². The Hall–Kier alpha value is -2.47. The average Bonchev–Trinajstić information content (AvgIpc) is 2.89. The maximum absolute atomic E-state index is 5.58. The summed E-state index contributed by atoms with van der Waals surface area (Å²) >= 11 is 0. The maximum atomic E-state index is 5.58. The molecule has 0 aliphatic heterocycles. The van der Waals surface area contributed by atoms with Crippen molar-refractivity contribution in [2.24, 2.45) is 5.73 Å². The largest absolute Gasteiger partial charge is 0.327 e. The highest BCUT2D eigenvalue weighted by molar-refractivity contribution is 5.58. The van der Waals surface area contributed by atoms with Crippen LogP contribution in [-0.4, -0.2) is 26.6 Å². The molecule has 3 aromatic heterocycles. The van der Waals surface area contributed by atoms with Crippen molar-refractivity contribution in [3.63, 3.8) is 0 Å². The Labute approximate surface area is 110 Å². The van der Waals surface area contributed by atoms with Crippen LogP contribution < -0.4 is 10.6 Å². The minimum Gasteiger partial charge on any atom is -0.327 e. The first-order valence-electron chi connectivity index (χ1n) is 5.97. The lowest BCUT2D eigenvalue weighted by Crippen LogP contribution is -2.12. The fraction of sp³-hybridized carbons (Fsp3) is 0.154. The van der Waals surface area contributed by atoms with Crippen LogP contribution in [0.1, 0.15) is 5.69 Å². The normalized spacial score (nSPS) is 10.8. The summed E-state index contributed by atoms with van der Waals surface area (Å²) in [6.07, 6.45) is 5.39. The SMILES string of the molecule is CN(c1cccnc1)c1ccc2nc(CN)cn2n1. The van der Waals surface area contributed by atoms with Gasteiger partial charge in [0.1, 0.15) is 0 Å². The number of fused-ring (bicyclic) bond motifs is 1. The third-order valence-corrected chi connectivity index (χ3v) is 2.94. The predicted octanol–water partition coefficient (Wildman–Crippen LogP) is 1.35. The molecule has 3 aromatic rings. The van der Waals surface area contributed by atoms with Crippen molar-refractivity contribution < 1.29 is 0 Å². The Kier molecular flexibility index (Phi) is 2.85. The summed E-state index contributed by atoms with van der Waals surface area (Å²) in [5.41, 5.74) is 8.18. The maximum Gasteiger partial charge on any atom is 0.153 e. The second-order valence-corrected chi connectivity index (χ2v) is 4.20. The highest BCUT2D eigenvalue weighted by Gasteiger charge is 2.07. The molecule has 3 heterocycles. The molecule has 0 radical (unpaired) electrons. The van der Waals surface area contributed by atoms with Crippen molar-refractivity contribution >= 4 is 17.2 Å². The Bertz CT molecular complexity index is 691. The van der Waals surface area contributed by atoms with E-state index in [1.54, 1.807) is 16.9 Å². The van der Waals surface area contributed by atoms with Gasteiger partial charge in [-0.25, -0.2) is 9.50 Å². The van der Waals surface area contributed by atoms with Crippen molar-refractivity contribution in [3.05, 3.63) is 48.5 Å². The van der Waals surface area contributed by atoms with Gasteiger partial charge in [-0.15, -0.1) is 5.10 Å². The molecule has 0 amide bonds. The first-order chi connectivity index (χ1) is 9.28. The number of imidazole rings is 1. The minimum atomic E-state index is 0.414. The van der Waals surface area contributed by atoms with E-state index in [1.807, 2.05) is 42.4 Å². The van der Waals surface area contributed by atoms with Crippen LogP contribution in [0.2, 0.25) is 0 Å². The molecular formula is C13H14N6. The molecule has 0 bridgehead atoms. The number of rotatable bonds is 3. The van der Waals surface area contributed by atoms with E-state index in [4.69, 9.17) is 5.73 Å². The van der Waals surface area contributed by atoms with Crippen LogP contribution in [0, 0.1) is 0 Å². The van der Waals surface area contributed by atoms with E-state index in [1.165, 1.54) is 0 Å². The Balaban J connectivity index is 2.01. The highest BCUT2D eigenvalue weighted by Crippen LogP contribution is 2.20. The highest BCUT2D eigenvalue weighted by atomic mass is 15.3. The molecular weight excluding hydrogens is 240 g/mol. The summed E-state index contributed by atoms with van der Waals surface area (Å²) in [4.78, 5) is 10.4. The topological polar surface area (TPSA) is 72.3 Å². The van der Waals surface area contributed by atoms with Crippen molar-refractivity contribution in [1.29, 1.82) is 0 Å². The molecule has 0 aromatic carbocycles. The van der Waals surface area contributed by atoms with Crippen LogP contribution in [0.4, 0.5) is 11.5 Å². The number of nitrogens with zero attached hydrogens (tertiary/aromatic N) is 5. The summed E-state index contributed by atoms with van der Waals surface area (Å²) in [5, 5.41) is 4.52. The fourth-order valence-corrected chi connectivity index (χ4v) is 1.88. The molecule has 19 heavy (non-hydrogen) atoms. The van der Waals surface area contributed by atoms with Crippen molar-refractivity contribution in [2.75, 3.05) is 11.9 Å². The van der Waals surface area contributed by atoms with Crippen LogP contribution in [0.15, 0.2) is 42.9 Å². The molecule has 0 aliphatic rings. The minimum absolute atomic E-state index is 0.414. The molecule has 0 atom stereocenters. The van der Waals surface area contributed by atoms with Crippen LogP contribution in [0.5, 0.6) is 0 Å². The van der Waals surface area contributed by atoms with E-state index in [-0.39, 0.29) is 0 Å². The zero-order valence-electron chi connectivity index (χ0n) is 10.6. The lowest BCUT2D eigenvalue weighted by atomic mass is 10.3. The number of pyridine rings is 1. The molecule has 96 valence electrons. The first kappa shape index (κ1) is 11.6. The number of anilines is 2. The van der Waals surface area contributed by atoms with Gasteiger partial charge in [0.2, 0.25) is 0 Å². The van der Waals surface area contributed by atoms with Crippen LogP contribution in [0.25, 0.3) is 5.65 Å². The lowest BCUT2D eigenvalue weighted by molar-refractivity contribution is 0.908. The van der Waals surface area contributed by atoms with Gasteiger partial charge < -0.3 is 10.6 Å². The molecule has 0 spiro atoms. The monoisotopic (exact) mass is 254 g/mol. The molecule has 6 heteroatoms. The summed E-state index contributed by atoms with van der Waals surface area (Å²) in [5.74, 6) is 0.821. The average molecular weight is 254 g/mol. The van der Waals surface area contributed by atoms with Gasteiger partial charge in [0.05, 0.1) is 23.8 Å². The number of aromatic nitrogens is 4. The van der Waals surface area contributed by atoms with E-state index >= 15 is 0 Å². The number of nitrogens with two attached hydrogens (primary N) is 1. The Morgan fingerprint density at radius 2 is 2.21 bits per heavy atom. The van der Waals surface area contributed by atoms with Gasteiger partial charge >= 0.3 is 0 Å². The third kappa shape index (κ3) is 2.13. The second kappa shape index (κ2) is 4.66. The first-order valence-corrected chi connectivity index (χ1v) is 5.97. The standard InChI is InChI=1S/C13H14N6/c1-18(11-3-2-6-15-8-11)13-5-4-12-16-10(7-14)9-19(12)17-13/h2-6,8-9H,7,14H2,1H3. The van der Waals surface area contributed by atoms with Gasteiger partial charge in [-0.05, 0) is 24.3 Å². The van der Waals surface area contributed by atoms with Gasteiger partial charge in [-0.1, -0.05) is 0 Å². The zero-order valence-corrected chi connectivity index (χ0v) is 10.6. The van der Waals surface area contributed by atoms with Gasteiger partial charge in [-0.3, -0.25) is 4.98 Å². The van der Waals surface area contributed by atoms with Crippen LogP contribution >= 0.6 is 0 Å². The molecule has 6 nitrogen and oxygen atoms in total. The van der Waals surface area contributed by atoms with Gasteiger partial charge in [0, 0.05) is 19.8 Å². The van der Waals surface area contributed by atoms with Crippen molar-refractivity contribution in [3.8, 4) is 0 Å². The Morgan fingerprint density at radius 3 is 2.95 bits per heavy atom. The van der Waals surface area contributed by atoms with E-state index < -0.39 is 0 Å². The van der Waals surface area contributed by atoms with E-state index in [9.17, 15) is 0 Å². The molecule has 2 N–H and O–H groups in total. The predicted molar refractivity (Wildman–Crippen MR) is 73.2 cm³/mol. The zero-order chi connectivity index (χ0) is 13.2. The molecule has 0 saturated carbocycles. The molecule has 3 rings (SSSR count). The molecule has 0 saturated heterocycles. The summed E-state index contributed by atoms with van der Waals surface area (Å²) in [6, 6.07) is 7.73. The summed E-state index contributed by atoms with van der Waals surface area (Å²) < 4.78 is 1.74. The van der Waals surface area contributed by atoms with Gasteiger partial charge in [-0.2, -0.15) is 0 Å². The quantitative estimate of drug-likeness (QED) is 0.763. The smallest absolute Gasteiger partial charge is 0.153 e. The summed E-state index contributed by atoms with van der Waals surface area (Å²) in [6.45, 7) is 0.414. The fourth-order valence-electron chi connectivity index (χ4n) is 1.88.